The van der Waals surface area contributed by atoms with Crippen LogP contribution in [0.25, 0.3) is 0 Å². The lowest BCUT2D eigenvalue weighted by Crippen LogP contribution is -2.17. The van der Waals surface area contributed by atoms with E-state index >= 15 is 0 Å². The highest BCUT2D eigenvalue weighted by Crippen LogP contribution is 2.23. The highest BCUT2D eigenvalue weighted by atomic mass is 32.2. The van der Waals surface area contributed by atoms with Crippen LogP contribution in [0.5, 0.6) is 0 Å². The molecule has 2 aromatic heterocycles. The molecule has 9 nitrogen and oxygen atoms in total. The highest BCUT2D eigenvalue weighted by molar-refractivity contribution is 7.98. The monoisotopic (exact) mass is 491 g/mol. The Morgan fingerprint density at radius 3 is 2.74 bits per heavy atom. The largest absolute Gasteiger partial charge is 0.475 e. The predicted octanol–water partition coefficient (Wildman–Crippen LogP) is 4.36. The van der Waals surface area contributed by atoms with Crippen molar-refractivity contribution in [1.82, 2.24) is 15.0 Å². The van der Waals surface area contributed by atoms with Crippen molar-refractivity contribution < 1.29 is 9.53 Å². The molecule has 1 amide bonds. The molecule has 1 aliphatic rings. The molecule has 0 radical (unpaired) electrons. The zero-order valence-corrected chi connectivity index (χ0v) is 21.3. The lowest BCUT2D eigenvalue weighted by Gasteiger charge is -2.14. The number of carbonyl (C=O) groups is 1. The summed E-state index contributed by atoms with van der Waals surface area (Å²) in [5, 5.41) is 10.1. The number of aliphatic imine (C=N–C) groups is 1. The van der Waals surface area contributed by atoms with Crippen LogP contribution in [0.1, 0.15) is 41.0 Å². The van der Waals surface area contributed by atoms with Crippen molar-refractivity contribution >= 4 is 40.8 Å². The van der Waals surface area contributed by atoms with E-state index in [-0.39, 0.29) is 11.4 Å². The molecule has 0 saturated carbocycles. The van der Waals surface area contributed by atoms with Crippen LogP contribution in [-0.2, 0) is 11.3 Å². The predicted molar refractivity (Wildman–Crippen MR) is 141 cm³/mol. The molecule has 0 spiro atoms. The van der Waals surface area contributed by atoms with Gasteiger partial charge in [0.2, 0.25) is 5.90 Å². The molecule has 0 unspecified atom stereocenters. The lowest BCUT2D eigenvalue weighted by molar-refractivity contribution is 0.102. The van der Waals surface area contributed by atoms with E-state index in [1.54, 1.807) is 24.5 Å². The minimum Gasteiger partial charge on any atom is -0.475 e. The maximum absolute atomic E-state index is 13.0. The van der Waals surface area contributed by atoms with Crippen molar-refractivity contribution in [1.29, 1.82) is 0 Å². The molecule has 10 heteroatoms. The molecule has 0 saturated heterocycles. The second kappa shape index (κ2) is 10.3. The van der Waals surface area contributed by atoms with Gasteiger partial charge in [0.15, 0.2) is 5.16 Å². The zero-order valence-electron chi connectivity index (χ0n) is 20.5. The summed E-state index contributed by atoms with van der Waals surface area (Å²) in [6.45, 7) is 6.96. The average molecular weight is 492 g/mol. The number of rotatable bonds is 8. The van der Waals surface area contributed by atoms with E-state index in [1.807, 2.05) is 52.3 Å². The maximum atomic E-state index is 13.0. The summed E-state index contributed by atoms with van der Waals surface area (Å²) in [6.07, 6.45) is 5.39. The number of pyridine rings is 1. The number of aromatic nitrogens is 3. The third kappa shape index (κ3) is 5.89. The number of nitrogens with zero attached hydrogens (tertiary/aromatic N) is 4. The van der Waals surface area contributed by atoms with Gasteiger partial charge in [0.25, 0.3) is 5.91 Å². The van der Waals surface area contributed by atoms with Gasteiger partial charge in [-0.05, 0) is 51.3 Å². The normalized spacial score (nSPS) is 14.1. The highest BCUT2D eigenvalue weighted by Gasteiger charge is 2.27. The van der Waals surface area contributed by atoms with Crippen molar-refractivity contribution in [3.05, 3.63) is 65.1 Å². The van der Waals surface area contributed by atoms with Crippen LogP contribution < -0.4 is 16.0 Å². The average Bonchev–Trinajstić information content (AvgIpc) is 3.23. The van der Waals surface area contributed by atoms with Gasteiger partial charge in [-0.25, -0.2) is 15.0 Å². The van der Waals surface area contributed by atoms with Gasteiger partial charge in [-0.3, -0.25) is 9.78 Å². The van der Waals surface area contributed by atoms with Gasteiger partial charge in [-0.1, -0.05) is 17.8 Å². The van der Waals surface area contributed by atoms with Gasteiger partial charge in [0, 0.05) is 36.5 Å². The number of nitrogens with one attached hydrogen (secondary N) is 3. The molecule has 3 aromatic rings. The summed E-state index contributed by atoms with van der Waals surface area (Å²) < 4.78 is 5.71. The van der Waals surface area contributed by atoms with Crippen molar-refractivity contribution in [2.75, 3.05) is 35.9 Å². The quantitative estimate of drug-likeness (QED) is 0.315. The van der Waals surface area contributed by atoms with Gasteiger partial charge < -0.3 is 20.7 Å². The van der Waals surface area contributed by atoms with E-state index in [9.17, 15) is 4.79 Å². The Hall–Kier alpha value is -3.66. The van der Waals surface area contributed by atoms with E-state index in [4.69, 9.17) is 4.74 Å². The molecule has 35 heavy (non-hydrogen) atoms. The number of amides is 1. The first-order valence-corrected chi connectivity index (χ1v) is 12.4. The molecular weight excluding hydrogens is 462 g/mol. The Balaban J connectivity index is 1.47. The van der Waals surface area contributed by atoms with Gasteiger partial charge in [-0.2, -0.15) is 0 Å². The number of ether oxygens (including phenoxy) is 1. The summed E-state index contributed by atoms with van der Waals surface area (Å²) in [5.74, 6) is 1.09. The smallest absolute Gasteiger partial charge is 0.255 e. The molecule has 1 aliphatic heterocycles. The second-order valence-corrected chi connectivity index (χ2v) is 9.52. The Morgan fingerprint density at radius 1 is 1.20 bits per heavy atom. The van der Waals surface area contributed by atoms with Crippen molar-refractivity contribution in [2.45, 2.75) is 38.0 Å². The number of hydrogen-bond acceptors (Lipinski definition) is 9. The molecule has 3 N–H and O–H groups in total. The minimum absolute atomic E-state index is 0.236. The molecule has 1 aromatic carbocycles. The Morgan fingerprint density at radius 2 is 2.03 bits per heavy atom. The Bertz CT molecular complexity index is 1280. The Kier molecular flexibility index (Phi) is 7.20. The number of thioether (sulfide) groups is 1. The van der Waals surface area contributed by atoms with Crippen LogP contribution in [0.2, 0.25) is 0 Å². The first kappa shape index (κ1) is 24.5. The fourth-order valence-electron chi connectivity index (χ4n) is 3.53. The zero-order chi connectivity index (χ0) is 25.0. The first-order valence-electron chi connectivity index (χ1n) is 11.2. The van der Waals surface area contributed by atoms with Gasteiger partial charge >= 0.3 is 0 Å². The summed E-state index contributed by atoms with van der Waals surface area (Å²) in [6, 6.07) is 9.13. The number of anilines is 3. The van der Waals surface area contributed by atoms with Crippen molar-refractivity contribution in [3.63, 3.8) is 0 Å². The third-order valence-electron chi connectivity index (χ3n) is 5.41. The maximum Gasteiger partial charge on any atom is 0.255 e. The summed E-state index contributed by atoms with van der Waals surface area (Å²) in [5.41, 5.74) is 4.17. The SMILES string of the molecule is CNc1nc(SC)ncc1CNc1cc(NC(=O)c2cccc(C3=NC(C)(C)CO3)c2)cnc1C. The molecule has 0 aliphatic carbocycles. The summed E-state index contributed by atoms with van der Waals surface area (Å²) >= 11 is 1.49. The summed E-state index contributed by atoms with van der Waals surface area (Å²) in [4.78, 5) is 30.8. The van der Waals surface area contributed by atoms with Crippen molar-refractivity contribution in [2.24, 2.45) is 4.99 Å². The first-order chi connectivity index (χ1) is 16.8. The van der Waals surface area contributed by atoms with E-state index in [0.717, 1.165) is 28.3 Å². The minimum atomic E-state index is -0.262. The number of carbonyl (C=O) groups excluding carboxylic acids is 1. The fraction of sp³-hybridized carbons (Fsp3) is 0.320. The van der Waals surface area contributed by atoms with Gasteiger partial charge in [0.05, 0.1) is 28.8 Å². The number of benzene rings is 1. The summed E-state index contributed by atoms with van der Waals surface area (Å²) in [7, 11) is 1.83. The number of hydrogen-bond donors (Lipinski definition) is 3. The van der Waals surface area contributed by atoms with E-state index < -0.39 is 0 Å². The van der Waals surface area contributed by atoms with E-state index in [1.165, 1.54) is 11.8 Å². The molecular formula is C25H29N7O2S. The molecule has 0 atom stereocenters. The molecule has 182 valence electrons. The standard InChI is InChI=1S/C25H29N7O2S/c1-15-20(28-11-18-12-29-24(35-5)31-21(18)26-4)10-19(13-27-15)30-22(33)16-7-6-8-17(9-16)23-32-25(2,3)14-34-23/h6-10,12-13,28H,11,14H2,1-5H3,(H,30,33)(H,26,29,31). The fourth-order valence-corrected chi connectivity index (χ4v) is 3.88. The molecule has 0 fully saturated rings. The van der Waals surface area contributed by atoms with Gasteiger partial charge in [-0.15, -0.1) is 0 Å². The van der Waals surface area contributed by atoms with Crippen molar-refractivity contribution in [3.8, 4) is 0 Å². The Labute approximate surface area is 209 Å². The van der Waals surface area contributed by atoms with Crippen LogP contribution in [0.4, 0.5) is 17.2 Å². The molecule has 4 rings (SSSR count). The van der Waals surface area contributed by atoms with Crippen LogP contribution in [0.3, 0.4) is 0 Å². The molecule has 0 bridgehead atoms. The molecule has 3 heterocycles. The van der Waals surface area contributed by atoms with Crippen LogP contribution >= 0.6 is 11.8 Å². The third-order valence-corrected chi connectivity index (χ3v) is 5.98. The number of aryl methyl sites for hydroxylation is 1. The van der Waals surface area contributed by atoms with Crippen LogP contribution in [0, 0.1) is 6.92 Å². The van der Waals surface area contributed by atoms with E-state index in [2.05, 4.69) is 35.9 Å². The van der Waals surface area contributed by atoms with Crippen LogP contribution in [-0.4, -0.2) is 52.2 Å². The second-order valence-electron chi connectivity index (χ2n) is 8.74. The topological polar surface area (TPSA) is 113 Å². The van der Waals surface area contributed by atoms with Crippen LogP contribution in [0.15, 0.2) is 52.9 Å². The lowest BCUT2D eigenvalue weighted by atomic mass is 10.1. The van der Waals surface area contributed by atoms with E-state index in [0.29, 0.717) is 35.5 Å². The van der Waals surface area contributed by atoms with Gasteiger partial charge in [0.1, 0.15) is 12.4 Å².